The lowest BCUT2D eigenvalue weighted by atomic mass is 9.86. The summed E-state index contributed by atoms with van der Waals surface area (Å²) in [7, 11) is 0. The number of hydrogen-bond acceptors (Lipinski definition) is 5. The number of para-hydroxylation sites is 2. The largest absolute Gasteiger partial charge is 0.477 e. The Hall–Kier alpha value is -1.90. The first-order valence-corrected chi connectivity index (χ1v) is 16.2. The van der Waals surface area contributed by atoms with Crippen LogP contribution in [0.5, 0.6) is 11.5 Å². The van der Waals surface area contributed by atoms with E-state index in [1.165, 1.54) is 0 Å². The predicted molar refractivity (Wildman–Crippen MR) is 172 cm³/mol. The van der Waals surface area contributed by atoms with Crippen LogP contribution >= 0.6 is 46.4 Å². The number of alkyl halides is 4. The van der Waals surface area contributed by atoms with Crippen LogP contribution in [0.2, 0.25) is 0 Å². The minimum Gasteiger partial charge on any atom is -0.477 e. The fraction of sp³-hybridized carbons (Fsp3) is 0.562. The number of benzene rings is 2. The third-order valence-electron chi connectivity index (χ3n) is 7.55. The van der Waals surface area contributed by atoms with E-state index in [0.29, 0.717) is 12.8 Å². The molecule has 2 N–H and O–H groups in total. The number of hydrogen-bond donors (Lipinski definition) is 2. The topological polar surface area (TPSA) is 102 Å². The molecule has 11 heteroatoms. The molecule has 0 aliphatic rings. The van der Waals surface area contributed by atoms with Crippen LogP contribution in [-0.4, -0.2) is 55.2 Å². The lowest BCUT2D eigenvalue weighted by Crippen LogP contribution is -2.55. The number of halogens is 4. The highest BCUT2D eigenvalue weighted by Gasteiger charge is 2.54. The highest BCUT2D eigenvalue weighted by molar-refractivity contribution is 6.33. The first kappa shape index (κ1) is 37.3. The molecule has 0 amide bonds. The molecule has 2 aromatic carbocycles. The van der Waals surface area contributed by atoms with Crippen LogP contribution in [0.1, 0.15) is 66.2 Å². The Morgan fingerprint density at radius 2 is 0.977 bits per heavy atom. The molecule has 0 aliphatic carbocycles. The van der Waals surface area contributed by atoms with Crippen LogP contribution in [-0.2, 0) is 14.3 Å². The lowest BCUT2D eigenvalue weighted by molar-refractivity contribution is -0.169. The second-order valence-electron chi connectivity index (χ2n) is 10.5. The van der Waals surface area contributed by atoms with E-state index < -0.39 is 56.9 Å². The molecular formula is C32H42Cl4O7. The standard InChI is InChI=1S/C32H42Cl4O7/c1-5-21(33)19-27(25(7-3)31(35,29(37)38)42-23-15-11-9-12-16-23)41-28(20-22(34)6-2)26(8-4)32(36,30(39)40)43-24-17-13-10-14-18-24/h9-18,21-22,25-28H,5-8,19-20H2,1-4H3,(H,37,38)(H,39,40). The van der Waals surface area contributed by atoms with Gasteiger partial charge < -0.3 is 24.4 Å². The van der Waals surface area contributed by atoms with E-state index in [2.05, 4.69) is 0 Å². The maximum Gasteiger partial charge on any atom is 0.364 e. The van der Waals surface area contributed by atoms with Crippen LogP contribution in [0, 0.1) is 11.8 Å². The summed E-state index contributed by atoms with van der Waals surface area (Å²) in [5.74, 6) is -4.08. The van der Waals surface area contributed by atoms with Crippen molar-refractivity contribution in [2.45, 2.75) is 99.3 Å². The Morgan fingerprint density at radius 1 is 0.651 bits per heavy atom. The van der Waals surface area contributed by atoms with E-state index in [4.69, 9.17) is 60.6 Å². The first-order valence-electron chi connectivity index (χ1n) is 14.6. The molecule has 2 aromatic rings. The average Bonchev–Trinajstić information content (AvgIpc) is 2.98. The molecule has 7 nitrogen and oxygen atoms in total. The van der Waals surface area contributed by atoms with Gasteiger partial charge in [-0.2, -0.15) is 0 Å². The van der Waals surface area contributed by atoms with Gasteiger partial charge in [0.2, 0.25) is 0 Å². The van der Waals surface area contributed by atoms with Crippen molar-refractivity contribution < 1.29 is 34.0 Å². The van der Waals surface area contributed by atoms with Crippen LogP contribution < -0.4 is 9.47 Å². The van der Waals surface area contributed by atoms with E-state index in [9.17, 15) is 19.8 Å². The van der Waals surface area contributed by atoms with Crippen molar-refractivity contribution >= 4 is 58.3 Å². The Kier molecular flexibility index (Phi) is 15.2. The summed E-state index contributed by atoms with van der Waals surface area (Å²) in [5, 5.41) is 15.5. The molecule has 240 valence electrons. The van der Waals surface area contributed by atoms with Gasteiger partial charge in [-0.3, -0.25) is 0 Å². The SMILES string of the molecule is CCC(Cl)CC(OC(CC(Cl)CC)C(CC)C(Cl)(Oc1ccccc1)C(=O)O)C(CC)C(Cl)(Oc1ccccc1)C(=O)O. The average molecular weight is 680 g/mol. The van der Waals surface area contributed by atoms with Crippen molar-refractivity contribution in [3.8, 4) is 11.5 Å². The second-order valence-corrected chi connectivity index (χ2v) is 12.8. The number of rotatable bonds is 20. The fourth-order valence-corrected chi connectivity index (χ4v) is 6.22. The van der Waals surface area contributed by atoms with Crippen LogP contribution in [0.3, 0.4) is 0 Å². The number of carbonyl (C=O) groups is 2. The molecule has 0 aromatic heterocycles. The quantitative estimate of drug-likeness (QED) is 0.135. The van der Waals surface area contributed by atoms with Gasteiger partial charge in [-0.25, -0.2) is 9.59 Å². The van der Waals surface area contributed by atoms with E-state index in [1.807, 2.05) is 13.8 Å². The van der Waals surface area contributed by atoms with Gasteiger partial charge in [-0.15, -0.1) is 23.2 Å². The summed E-state index contributed by atoms with van der Waals surface area (Å²) in [6, 6.07) is 16.8. The Morgan fingerprint density at radius 3 is 1.23 bits per heavy atom. The molecular weight excluding hydrogens is 638 g/mol. The predicted octanol–water partition coefficient (Wildman–Crippen LogP) is 8.81. The van der Waals surface area contributed by atoms with Crippen molar-refractivity contribution in [1.29, 1.82) is 0 Å². The zero-order valence-electron chi connectivity index (χ0n) is 24.9. The van der Waals surface area contributed by atoms with Crippen molar-refractivity contribution in [3.63, 3.8) is 0 Å². The summed E-state index contributed by atoms with van der Waals surface area (Å²) in [6.45, 7) is 7.38. The summed E-state index contributed by atoms with van der Waals surface area (Å²) < 4.78 is 18.6. The third kappa shape index (κ3) is 10.1. The number of carboxylic acid groups (broad SMARTS) is 2. The Balaban J connectivity index is 2.63. The van der Waals surface area contributed by atoms with Gasteiger partial charge in [0.05, 0.1) is 24.0 Å². The van der Waals surface area contributed by atoms with Gasteiger partial charge in [0, 0.05) is 10.8 Å². The molecule has 8 atom stereocenters. The molecule has 0 saturated carbocycles. The maximum absolute atomic E-state index is 12.8. The molecule has 43 heavy (non-hydrogen) atoms. The van der Waals surface area contributed by atoms with Gasteiger partial charge in [0.25, 0.3) is 10.1 Å². The second kappa shape index (κ2) is 17.6. The van der Waals surface area contributed by atoms with E-state index in [0.717, 1.165) is 0 Å². The smallest absolute Gasteiger partial charge is 0.364 e. The molecule has 0 heterocycles. The van der Waals surface area contributed by atoms with Crippen molar-refractivity contribution in [2.75, 3.05) is 0 Å². The van der Waals surface area contributed by atoms with Crippen molar-refractivity contribution in [1.82, 2.24) is 0 Å². The normalized spacial score (nSPS) is 18.6. The third-order valence-corrected chi connectivity index (χ3v) is 9.56. The Bertz CT molecular complexity index is 1040. The molecule has 0 aliphatic heterocycles. The monoisotopic (exact) mass is 678 g/mol. The van der Waals surface area contributed by atoms with Crippen molar-refractivity contribution in [3.05, 3.63) is 60.7 Å². The van der Waals surface area contributed by atoms with E-state index in [1.54, 1.807) is 74.5 Å². The Labute approximate surface area is 274 Å². The zero-order valence-corrected chi connectivity index (χ0v) is 28.0. The van der Waals surface area contributed by atoms with Crippen molar-refractivity contribution in [2.24, 2.45) is 11.8 Å². The molecule has 8 unspecified atom stereocenters. The summed E-state index contributed by atoms with van der Waals surface area (Å²) in [6.07, 6.45) is 0.295. The lowest BCUT2D eigenvalue weighted by Gasteiger charge is -2.42. The summed E-state index contributed by atoms with van der Waals surface area (Å²) >= 11 is 27.0. The fourth-order valence-electron chi connectivity index (χ4n) is 5.10. The number of ether oxygens (including phenoxy) is 3. The minimum absolute atomic E-state index is 0.213. The highest BCUT2D eigenvalue weighted by atomic mass is 35.5. The molecule has 2 rings (SSSR count). The molecule has 0 fully saturated rings. The zero-order chi connectivity index (χ0) is 32.2. The molecule has 0 saturated heterocycles. The molecule has 0 spiro atoms. The van der Waals surface area contributed by atoms with Gasteiger partial charge >= 0.3 is 11.9 Å². The summed E-state index contributed by atoms with van der Waals surface area (Å²) in [4.78, 5) is 25.5. The molecule has 0 radical (unpaired) electrons. The van der Waals surface area contributed by atoms with Crippen LogP contribution in [0.25, 0.3) is 0 Å². The minimum atomic E-state index is -2.23. The number of aliphatic carboxylic acids is 2. The summed E-state index contributed by atoms with van der Waals surface area (Å²) in [5.41, 5.74) is 0. The van der Waals surface area contributed by atoms with E-state index in [-0.39, 0.29) is 37.2 Å². The van der Waals surface area contributed by atoms with Gasteiger partial charge in [0.1, 0.15) is 11.5 Å². The maximum atomic E-state index is 12.8. The number of carboxylic acids is 2. The first-order chi connectivity index (χ1) is 20.4. The van der Waals surface area contributed by atoms with Gasteiger partial charge in [-0.05, 0) is 62.8 Å². The highest BCUT2D eigenvalue weighted by Crippen LogP contribution is 2.42. The van der Waals surface area contributed by atoms with Crippen LogP contribution in [0.15, 0.2) is 60.7 Å². The van der Waals surface area contributed by atoms with Crippen LogP contribution in [0.4, 0.5) is 0 Å². The van der Waals surface area contributed by atoms with Gasteiger partial charge in [-0.1, -0.05) is 87.3 Å². The van der Waals surface area contributed by atoms with E-state index >= 15 is 0 Å². The van der Waals surface area contributed by atoms with Gasteiger partial charge in [0.15, 0.2) is 0 Å². The molecule has 0 bridgehead atoms.